The second-order valence-electron chi connectivity index (χ2n) is 6.04. The standard InChI is InChI=1S/C19H18N2O4/c1-11-7-12(2)18-15(21-25-16(18)8-11)9-17(22)20-10-13-3-5-14(6-4-13)19(23)24/h3-8H,9-10H2,1-2H3,(H,20,22)(H,23,24). The Morgan fingerprint density at radius 1 is 1.16 bits per heavy atom. The van der Waals surface area contributed by atoms with E-state index in [9.17, 15) is 9.59 Å². The minimum Gasteiger partial charge on any atom is -0.478 e. The lowest BCUT2D eigenvalue weighted by Crippen LogP contribution is -2.24. The highest BCUT2D eigenvalue weighted by molar-refractivity contribution is 5.89. The first-order valence-electron chi connectivity index (χ1n) is 7.88. The van der Waals surface area contributed by atoms with Crippen LogP contribution >= 0.6 is 0 Å². The number of carbonyl (C=O) groups is 2. The van der Waals surface area contributed by atoms with Gasteiger partial charge in [-0.25, -0.2) is 4.79 Å². The monoisotopic (exact) mass is 338 g/mol. The highest BCUT2D eigenvalue weighted by atomic mass is 16.5. The fourth-order valence-electron chi connectivity index (χ4n) is 2.82. The molecule has 0 saturated carbocycles. The van der Waals surface area contributed by atoms with E-state index in [-0.39, 0.29) is 17.9 Å². The number of benzene rings is 2. The number of hydrogen-bond donors (Lipinski definition) is 2. The van der Waals surface area contributed by atoms with Crippen LogP contribution in [0, 0.1) is 13.8 Å². The third-order valence-electron chi connectivity index (χ3n) is 4.01. The van der Waals surface area contributed by atoms with Crippen molar-refractivity contribution < 1.29 is 19.2 Å². The fourth-order valence-corrected chi connectivity index (χ4v) is 2.82. The number of amides is 1. The second-order valence-corrected chi connectivity index (χ2v) is 6.04. The first-order chi connectivity index (χ1) is 11.9. The summed E-state index contributed by atoms with van der Waals surface area (Å²) in [5, 5.41) is 16.6. The summed E-state index contributed by atoms with van der Waals surface area (Å²) in [6, 6.07) is 10.3. The molecule has 0 aliphatic carbocycles. The third-order valence-corrected chi connectivity index (χ3v) is 4.01. The van der Waals surface area contributed by atoms with Crippen molar-refractivity contribution in [3.63, 3.8) is 0 Å². The van der Waals surface area contributed by atoms with Crippen molar-refractivity contribution in [3.05, 3.63) is 64.3 Å². The van der Waals surface area contributed by atoms with Crippen molar-refractivity contribution in [2.24, 2.45) is 0 Å². The lowest BCUT2D eigenvalue weighted by Gasteiger charge is -2.05. The molecular formula is C19H18N2O4. The molecule has 25 heavy (non-hydrogen) atoms. The predicted molar refractivity (Wildman–Crippen MR) is 92.4 cm³/mol. The summed E-state index contributed by atoms with van der Waals surface area (Å²) in [7, 11) is 0. The summed E-state index contributed by atoms with van der Waals surface area (Å²) >= 11 is 0. The SMILES string of the molecule is Cc1cc(C)c2c(CC(=O)NCc3ccc(C(=O)O)cc3)noc2c1. The average Bonchev–Trinajstić information content (AvgIpc) is 2.96. The van der Waals surface area contributed by atoms with Crippen LogP contribution in [0.1, 0.15) is 32.7 Å². The molecule has 0 aliphatic heterocycles. The second kappa shape index (κ2) is 6.76. The molecule has 2 N–H and O–H groups in total. The van der Waals surface area contributed by atoms with Crippen LogP contribution in [0.15, 0.2) is 40.9 Å². The van der Waals surface area contributed by atoms with Gasteiger partial charge in [0.05, 0.1) is 12.0 Å². The van der Waals surface area contributed by atoms with Gasteiger partial charge < -0.3 is 14.9 Å². The van der Waals surface area contributed by atoms with E-state index in [1.807, 2.05) is 26.0 Å². The van der Waals surface area contributed by atoms with Crippen LogP contribution in [0.25, 0.3) is 11.0 Å². The van der Waals surface area contributed by atoms with Crippen molar-refractivity contribution in [1.29, 1.82) is 0 Å². The van der Waals surface area contributed by atoms with Gasteiger partial charge in [0.1, 0.15) is 5.69 Å². The normalized spacial score (nSPS) is 10.8. The molecule has 0 spiro atoms. The Hall–Kier alpha value is -3.15. The molecule has 3 rings (SSSR count). The Bertz CT molecular complexity index is 942. The van der Waals surface area contributed by atoms with Gasteiger partial charge in [0.25, 0.3) is 0 Å². The van der Waals surface area contributed by atoms with Crippen molar-refractivity contribution >= 4 is 22.8 Å². The molecule has 3 aromatic rings. The van der Waals surface area contributed by atoms with Crippen LogP contribution in [0.5, 0.6) is 0 Å². The van der Waals surface area contributed by atoms with Crippen molar-refractivity contribution in [1.82, 2.24) is 10.5 Å². The van der Waals surface area contributed by atoms with E-state index in [1.165, 1.54) is 12.1 Å². The number of nitrogens with one attached hydrogen (secondary N) is 1. The number of aromatic nitrogens is 1. The molecule has 0 aliphatic rings. The zero-order chi connectivity index (χ0) is 18.0. The maximum Gasteiger partial charge on any atom is 0.335 e. The van der Waals surface area contributed by atoms with Crippen LogP contribution in [-0.2, 0) is 17.8 Å². The third kappa shape index (κ3) is 3.68. The van der Waals surface area contributed by atoms with E-state index in [4.69, 9.17) is 9.63 Å². The van der Waals surface area contributed by atoms with Crippen LogP contribution < -0.4 is 5.32 Å². The minimum atomic E-state index is -0.973. The van der Waals surface area contributed by atoms with Gasteiger partial charge in [0.2, 0.25) is 5.91 Å². The maximum absolute atomic E-state index is 12.2. The zero-order valence-electron chi connectivity index (χ0n) is 14.0. The summed E-state index contributed by atoms with van der Waals surface area (Å²) in [4.78, 5) is 23.0. The molecular weight excluding hydrogens is 320 g/mol. The minimum absolute atomic E-state index is 0.129. The molecule has 0 atom stereocenters. The van der Waals surface area contributed by atoms with Crippen LogP contribution in [0.3, 0.4) is 0 Å². The van der Waals surface area contributed by atoms with Gasteiger partial charge in [0.15, 0.2) is 5.58 Å². The number of aryl methyl sites for hydroxylation is 2. The Morgan fingerprint density at radius 3 is 2.56 bits per heavy atom. The quantitative estimate of drug-likeness (QED) is 0.746. The van der Waals surface area contributed by atoms with Gasteiger partial charge >= 0.3 is 5.97 Å². The Balaban J connectivity index is 1.66. The van der Waals surface area contributed by atoms with Gasteiger partial charge in [-0.3, -0.25) is 4.79 Å². The number of rotatable bonds is 5. The summed E-state index contributed by atoms with van der Waals surface area (Å²) in [6.07, 6.45) is 0.129. The highest BCUT2D eigenvalue weighted by Crippen LogP contribution is 2.24. The molecule has 0 fully saturated rings. The maximum atomic E-state index is 12.2. The molecule has 6 heteroatoms. The van der Waals surface area contributed by atoms with E-state index in [0.717, 1.165) is 22.1 Å². The molecule has 0 radical (unpaired) electrons. The smallest absolute Gasteiger partial charge is 0.335 e. The van der Waals surface area contributed by atoms with E-state index < -0.39 is 5.97 Å². The summed E-state index contributed by atoms with van der Waals surface area (Å²) in [5.41, 5.74) is 4.46. The molecule has 2 aromatic carbocycles. The van der Waals surface area contributed by atoms with Gasteiger partial charge in [-0.1, -0.05) is 23.4 Å². The molecule has 0 unspecified atom stereocenters. The molecule has 0 saturated heterocycles. The average molecular weight is 338 g/mol. The lowest BCUT2D eigenvalue weighted by molar-refractivity contribution is -0.120. The topological polar surface area (TPSA) is 92.4 Å². The van der Waals surface area contributed by atoms with Gasteiger partial charge in [-0.15, -0.1) is 0 Å². The number of aromatic carboxylic acids is 1. The van der Waals surface area contributed by atoms with Gasteiger partial charge in [-0.2, -0.15) is 0 Å². The number of fused-ring (bicyclic) bond motifs is 1. The molecule has 1 aromatic heterocycles. The zero-order valence-corrected chi connectivity index (χ0v) is 14.0. The van der Waals surface area contributed by atoms with E-state index in [0.29, 0.717) is 17.8 Å². The molecule has 0 bridgehead atoms. The Labute approximate surface area is 144 Å². The van der Waals surface area contributed by atoms with E-state index >= 15 is 0 Å². The Kier molecular flexibility index (Phi) is 4.52. The van der Waals surface area contributed by atoms with Crippen molar-refractivity contribution in [3.8, 4) is 0 Å². The van der Waals surface area contributed by atoms with Crippen LogP contribution in [-0.4, -0.2) is 22.1 Å². The number of nitrogens with zero attached hydrogens (tertiary/aromatic N) is 1. The number of carboxylic acid groups (broad SMARTS) is 1. The highest BCUT2D eigenvalue weighted by Gasteiger charge is 2.14. The summed E-state index contributed by atoms with van der Waals surface area (Å²) < 4.78 is 5.32. The first-order valence-corrected chi connectivity index (χ1v) is 7.88. The molecule has 128 valence electrons. The fraction of sp³-hybridized carbons (Fsp3) is 0.211. The van der Waals surface area contributed by atoms with Crippen LogP contribution in [0.4, 0.5) is 0 Å². The molecule has 1 amide bonds. The number of carboxylic acids is 1. The van der Waals surface area contributed by atoms with Crippen molar-refractivity contribution in [2.45, 2.75) is 26.8 Å². The lowest BCUT2D eigenvalue weighted by atomic mass is 10.0. The predicted octanol–water partition coefficient (Wildman–Crippen LogP) is 3.00. The van der Waals surface area contributed by atoms with Crippen molar-refractivity contribution in [2.75, 3.05) is 0 Å². The van der Waals surface area contributed by atoms with Gasteiger partial charge in [0, 0.05) is 11.9 Å². The van der Waals surface area contributed by atoms with E-state index in [1.54, 1.807) is 12.1 Å². The van der Waals surface area contributed by atoms with E-state index in [2.05, 4.69) is 10.5 Å². The summed E-state index contributed by atoms with van der Waals surface area (Å²) in [5.74, 6) is -1.14. The van der Waals surface area contributed by atoms with Crippen LogP contribution in [0.2, 0.25) is 0 Å². The summed E-state index contributed by atoms with van der Waals surface area (Å²) in [6.45, 7) is 4.28. The number of carbonyl (C=O) groups excluding carboxylic acids is 1. The number of hydrogen-bond acceptors (Lipinski definition) is 4. The Morgan fingerprint density at radius 2 is 1.88 bits per heavy atom. The molecule has 1 heterocycles. The van der Waals surface area contributed by atoms with Gasteiger partial charge in [-0.05, 0) is 48.7 Å². The first kappa shape index (κ1) is 16.7. The molecule has 6 nitrogen and oxygen atoms in total. The largest absolute Gasteiger partial charge is 0.478 e.